The molecular weight excluding hydrogens is 427 g/mol. The third kappa shape index (κ3) is 4.26. The minimum Gasteiger partial charge on any atom is -0.365 e. The predicted molar refractivity (Wildman–Crippen MR) is 110 cm³/mol. The molecule has 3 aromatic rings. The molecule has 1 atom stereocenters. The fourth-order valence-electron chi connectivity index (χ4n) is 3.76. The number of sulfone groups is 1. The maximum atomic E-state index is 13.1. The van der Waals surface area contributed by atoms with Crippen LogP contribution in [0.4, 0.5) is 15.8 Å². The summed E-state index contributed by atoms with van der Waals surface area (Å²) in [6, 6.07) is 10.0. The van der Waals surface area contributed by atoms with Crippen LogP contribution in [0.5, 0.6) is 0 Å². The maximum Gasteiger partial charge on any atom is 0.311 e. The Morgan fingerprint density at radius 1 is 1.23 bits per heavy atom. The van der Waals surface area contributed by atoms with E-state index in [1.807, 2.05) is 0 Å². The lowest BCUT2D eigenvalue weighted by atomic mass is 9.97. The van der Waals surface area contributed by atoms with E-state index in [4.69, 9.17) is 4.52 Å². The highest BCUT2D eigenvalue weighted by Crippen LogP contribution is 2.38. The Bertz CT molecular complexity index is 1230. The van der Waals surface area contributed by atoms with Crippen molar-refractivity contribution in [3.8, 4) is 11.4 Å². The van der Waals surface area contributed by atoms with Gasteiger partial charge in [0.25, 0.3) is 0 Å². The first-order valence-electron chi connectivity index (χ1n) is 9.56. The van der Waals surface area contributed by atoms with Crippen molar-refractivity contribution in [2.45, 2.75) is 23.7 Å². The van der Waals surface area contributed by atoms with Gasteiger partial charge >= 0.3 is 5.69 Å². The summed E-state index contributed by atoms with van der Waals surface area (Å²) in [4.78, 5) is 16.9. The zero-order valence-electron chi connectivity index (χ0n) is 16.6. The van der Waals surface area contributed by atoms with Crippen molar-refractivity contribution < 1.29 is 22.3 Å². The van der Waals surface area contributed by atoms with E-state index in [0.29, 0.717) is 36.8 Å². The van der Waals surface area contributed by atoms with Gasteiger partial charge in [-0.2, -0.15) is 4.98 Å². The van der Waals surface area contributed by atoms with Crippen LogP contribution in [0.2, 0.25) is 0 Å². The summed E-state index contributed by atoms with van der Waals surface area (Å²) in [6.45, 7) is 0.891. The topological polar surface area (TPSA) is 119 Å². The summed E-state index contributed by atoms with van der Waals surface area (Å²) >= 11 is 0. The average Bonchev–Trinajstić information content (AvgIpc) is 3.23. The largest absolute Gasteiger partial charge is 0.365 e. The third-order valence-corrected chi connectivity index (χ3v) is 6.34. The normalized spacial score (nSPS) is 17.0. The van der Waals surface area contributed by atoms with E-state index >= 15 is 0 Å². The van der Waals surface area contributed by atoms with Gasteiger partial charge in [0.2, 0.25) is 11.7 Å². The molecule has 0 saturated carbocycles. The lowest BCUT2D eigenvalue weighted by molar-refractivity contribution is -0.387. The number of rotatable bonds is 5. The molecule has 31 heavy (non-hydrogen) atoms. The first kappa shape index (κ1) is 20.9. The molecule has 0 spiro atoms. The van der Waals surface area contributed by atoms with Crippen LogP contribution in [0, 0.1) is 15.9 Å². The summed E-state index contributed by atoms with van der Waals surface area (Å²) in [6.07, 6.45) is 2.40. The quantitative estimate of drug-likeness (QED) is 0.431. The second-order valence-corrected chi connectivity index (χ2v) is 9.39. The monoisotopic (exact) mass is 446 g/mol. The number of nitrogens with zero attached hydrogens (tertiary/aromatic N) is 4. The number of piperidine rings is 1. The summed E-state index contributed by atoms with van der Waals surface area (Å²) < 4.78 is 42.7. The molecule has 1 unspecified atom stereocenters. The molecule has 1 aliphatic rings. The van der Waals surface area contributed by atoms with E-state index in [1.165, 1.54) is 24.3 Å². The number of nitro benzene ring substituents is 1. The number of benzene rings is 2. The zero-order chi connectivity index (χ0) is 22.2. The number of hydrogen-bond acceptors (Lipinski definition) is 8. The number of halogens is 1. The van der Waals surface area contributed by atoms with E-state index in [9.17, 15) is 22.9 Å². The second kappa shape index (κ2) is 8.06. The molecule has 9 nitrogen and oxygen atoms in total. The van der Waals surface area contributed by atoms with Crippen LogP contribution < -0.4 is 4.90 Å². The predicted octanol–water partition coefficient (Wildman–Crippen LogP) is 3.57. The lowest BCUT2D eigenvalue weighted by Gasteiger charge is -2.32. The van der Waals surface area contributed by atoms with E-state index in [0.717, 1.165) is 12.7 Å². The number of nitro groups is 1. The molecule has 2 heterocycles. The highest BCUT2D eigenvalue weighted by molar-refractivity contribution is 7.90. The zero-order valence-corrected chi connectivity index (χ0v) is 17.4. The molecule has 0 aliphatic carbocycles. The van der Waals surface area contributed by atoms with Crippen LogP contribution in [0.3, 0.4) is 0 Å². The van der Waals surface area contributed by atoms with E-state index in [1.54, 1.807) is 23.1 Å². The van der Waals surface area contributed by atoms with Crippen LogP contribution in [0.1, 0.15) is 24.7 Å². The van der Waals surface area contributed by atoms with Gasteiger partial charge in [0.15, 0.2) is 9.84 Å². The van der Waals surface area contributed by atoms with E-state index in [2.05, 4.69) is 10.1 Å². The van der Waals surface area contributed by atoms with Gasteiger partial charge in [0, 0.05) is 24.9 Å². The van der Waals surface area contributed by atoms with Crippen molar-refractivity contribution in [1.29, 1.82) is 0 Å². The van der Waals surface area contributed by atoms with Gasteiger partial charge in [0.1, 0.15) is 16.4 Å². The first-order valence-corrected chi connectivity index (χ1v) is 11.4. The minimum atomic E-state index is -3.77. The Balaban J connectivity index is 1.63. The molecule has 0 bridgehead atoms. The standard InChI is InChI=1S/C20H19FN4O5S/c1-31(28,29)17-6-2-5-16(18(17)25(26)27)24-11-3-4-14(12-24)20-22-19(23-30-20)13-7-9-15(21)10-8-13/h2,5-10,14H,3-4,11-12H2,1H3. The highest BCUT2D eigenvalue weighted by Gasteiger charge is 2.33. The van der Waals surface area contributed by atoms with Crippen molar-refractivity contribution in [3.63, 3.8) is 0 Å². The number of aromatic nitrogens is 2. The number of hydrogen-bond donors (Lipinski definition) is 0. The van der Waals surface area contributed by atoms with Gasteiger partial charge in [-0.15, -0.1) is 0 Å². The minimum absolute atomic E-state index is 0.183. The van der Waals surface area contributed by atoms with Gasteiger partial charge in [-0.3, -0.25) is 10.1 Å². The van der Waals surface area contributed by atoms with Crippen molar-refractivity contribution in [3.05, 3.63) is 64.3 Å². The van der Waals surface area contributed by atoms with Crippen LogP contribution in [-0.2, 0) is 9.84 Å². The molecule has 0 radical (unpaired) electrons. The SMILES string of the molecule is CS(=O)(=O)c1cccc(N2CCCC(c3nc(-c4ccc(F)cc4)no3)C2)c1[N+](=O)[O-]. The smallest absolute Gasteiger partial charge is 0.311 e. The van der Waals surface area contributed by atoms with Crippen LogP contribution >= 0.6 is 0 Å². The molecule has 4 rings (SSSR count). The van der Waals surface area contributed by atoms with Gasteiger partial charge in [-0.1, -0.05) is 11.2 Å². The molecule has 0 amide bonds. The summed E-state index contributed by atoms with van der Waals surface area (Å²) in [5.41, 5.74) is 0.430. The Morgan fingerprint density at radius 2 is 1.97 bits per heavy atom. The molecule has 1 aromatic heterocycles. The third-order valence-electron chi connectivity index (χ3n) is 5.22. The molecule has 1 saturated heterocycles. The van der Waals surface area contributed by atoms with Gasteiger partial charge < -0.3 is 9.42 Å². The molecule has 1 aliphatic heterocycles. The molecule has 162 valence electrons. The highest BCUT2D eigenvalue weighted by atomic mass is 32.2. The maximum absolute atomic E-state index is 13.1. The summed E-state index contributed by atoms with van der Waals surface area (Å²) in [7, 11) is -3.77. The Hall–Kier alpha value is -3.34. The molecule has 0 N–H and O–H groups in total. The van der Waals surface area contributed by atoms with Gasteiger partial charge in [-0.25, -0.2) is 12.8 Å². The average molecular weight is 446 g/mol. The van der Waals surface area contributed by atoms with Gasteiger partial charge in [0.05, 0.1) is 10.8 Å². The van der Waals surface area contributed by atoms with Crippen molar-refractivity contribution in [2.24, 2.45) is 0 Å². The molecule has 2 aromatic carbocycles. The van der Waals surface area contributed by atoms with E-state index < -0.39 is 20.4 Å². The molecular formula is C20H19FN4O5S. The second-order valence-electron chi connectivity index (χ2n) is 7.40. The summed E-state index contributed by atoms with van der Waals surface area (Å²) in [5.74, 6) is 0.161. The number of para-hydroxylation sites is 1. The van der Waals surface area contributed by atoms with Crippen molar-refractivity contribution in [1.82, 2.24) is 10.1 Å². The number of anilines is 1. The van der Waals surface area contributed by atoms with Crippen LogP contribution in [-0.4, -0.2) is 42.8 Å². The fourth-order valence-corrected chi connectivity index (χ4v) is 4.62. The van der Waals surface area contributed by atoms with Crippen LogP contribution in [0.15, 0.2) is 51.9 Å². The summed E-state index contributed by atoms with van der Waals surface area (Å²) in [5, 5.41) is 15.7. The van der Waals surface area contributed by atoms with E-state index in [-0.39, 0.29) is 22.3 Å². The molecule has 1 fully saturated rings. The Morgan fingerprint density at radius 3 is 2.65 bits per heavy atom. The first-order chi connectivity index (χ1) is 14.7. The Labute approximate surface area is 177 Å². The lowest BCUT2D eigenvalue weighted by Crippen LogP contribution is -2.35. The van der Waals surface area contributed by atoms with Crippen molar-refractivity contribution in [2.75, 3.05) is 24.2 Å². The van der Waals surface area contributed by atoms with Crippen LogP contribution in [0.25, 0.3) is 11.4 Å². The molecule has 11 heteroatoms. The fraction of sp³-hybridized carbons (Fsp3) is 0.300. The Kier molecular flexibility index (Phi) is 5.44. The van der Waals surface area contributed by atoms with Gasteiger partial charge in [-0.05, 0) is 49.2 Å². The van der Waals surface area contributed by atoms with Crippen molar-refractivity contribution >= 4 is 21.2 Å².